The number of ether oxygens (including phenoxy) is 1. The van der Waals surface area contributed by atoms with Crippen LogP contribution >= 0.6 is 11.3 Å². The van der Waals surface area contributed by atoms with Crippen LogP contribution in [-0.4, -0.2) is 11.6 Å². The van der Waals surface area contributed by atoms with E-state index in [0.717, 1.165) is 11.4 Å². The van der Waals surface area contributed by atoms with Gasteiger partial charge >= 0.3 is 0 Å². The third-order valence-electron chi connectivity index (χ3n) is 2.72. The predicted octanol–water partition coefficient (Wildman–Crippen LogP) is 3.53. The molecule has 0 aliphatic heterocycles. The van der Waals surface area contributed by atoms with Crippen LogP contribution in [0.4, 0.5) is 5.69 Å². The van der Waals surface area contributed by atoms with Crippen LogP contribution < -0.4 is 10.1 Å². The first-order valence-electron chi connectivity index (χ1n) is 5.97. The minimum Gasteiger partial charge on any atom is -0.479 e. The van der Waals surface area contributed by atoms with Gasteiger partial charge in [0.2, 0.25) is 0 Å². The molecular formula is C14H15N3OS. The van der Waals surface area contributed by atoms with Crippen LogP contribution in [-0.2, 0) is 0 Å². The summed E-state index contributed by atoms with van der Waals surface area (Å²) in [6.45, 7) is 4.20. The van der Waals surface area contributed by atoms with Crippen LogP contribution in [0.1, 0.15) is 23.5 Å². The molecule has 0 bridgehead atoms. The Kier molecular flexibility index (Phi) is 4.37. The zero-order chi connectivity index (χ0) is 13.7. The average Bonchev–Trinajstić information content (AvgIpc) is 2.84. The summed E-state index contributed by atoms with van der Waals surface area (Å²) < 4.78 is 5.21. The molecule has 2 rings (SSSR count). The molecule has 19 heavy (non-hydrogen) atoms. The molecule has 1 atom stereocenters. The maximum atomic E-state index is 8.44. The van der Waals surface area contributed by atoms with Crippen LogP contribution in [0.2, 0.25) is 0 Å². The molecule has 0 spiro atoms. The fourth-order valence-electron chi connectivity index (χ4n) is 1.81. The van der Waals surface area contributed by atoms with Crippen LogP contribution in [0.25, 0.3) is 0 Å². The van der Waals surface area contributed by atoms with Crippen molar-refractivity contribution in [1.82, 2.24) is 4.98 Å². The van der Waals surface area contributed by atoms with Gasteiger partial charge in [0.1, 0.15) is 11.8 Å². The number of thiazole rings is 1. The van der Waals surface area contributed by atoms with Gasteiger partial charge in [0.15, 0.2) is 6.61 Å². The van der Waals surface area contributed by atoms with E-state index in [1.54, 1.807) is 11.3 Å². The highest BCUT2D eigenvalue weighted by Gasteiger charge is 2.10. The van der Waals surface area contributed by atoms with Gasteiger partial charge in [-0.2, -0.15) is 5.26 Å². The van der Waals surface area contributed by atoms with Gasteiger partial charge in [-0.15, -0.1) is 11.3 Å². The Bertz CT molecular complexity index is 571. The van der Waals surface area contributed by atoms with E-state index in [9.17, 15) is 0 Å². The van der Waals surface area contributed by atoms with Crippen molar-refractivity contribution < 1.29 is 4.74 Å². The van der Waals surface area contributed by atoms with Crippen molar-refractivity contribution in [2.75, 3.05) is 11.9 Å². The van der Waals surface area contributed by atoms with Crippen molar-refractivity contribution in [2.45, 2.75) is 19.9 Å². The zero-order valence-electron chi connectivity index (χ0n) is 10.9. The number of benzene rings is 1. The van der Waals surface area contributed by atoms with Crippen molar-refractivity contribution in [2.24, 2.45) is 0 Å². The van der Waals surface area contributed by atoms with Gasteiger partial charge in [0, 0.05) is 10.6 Å². The molecule has 1 N–H and O–H groups in total. The van der Waals surface area contributed by atoms with Crippen molar-refractivity contribution in [3.05, 3.63) is 40.3 Å². The molecule has 4 nitrogen and oxygen atoms in total. The summed E-state index contributed by atoms with van der Waals surface area (Å²) >= 11 is 1.66. The van der Waals surface area contributed by atoms with Gasteiger partial charge in [-0.1, -0.05) is 0 Å². The second-order valence-corrected chi connectivity index (χ2v) is 5.03. The molecule has 2 aromatic rings. The number of rotatable bonds is 5. The molecule has 1 unspecified atom stereocenters. The lowest BCUT2D eigenvalue weighted by Crippen LogP contribution is -2.06. The highest BCUT2D eigenvalue weighted by atomic mass is 32.1. The monoisotopic (exact) mass is 273 g/mol. The number of anilines is 1. The molecule has 1 aromatic carbocycles. The van der Waals surface area contributed by atoms with E-state index in [-0.39, 0.29) is 12.6 Å². The number of hydrogen-bond donors (Lipinski definition) is 1. The maximum absolute atomic E-state index is 8.44. The zero-order valence-corrected chi connectivity index (χ0v) is 11.7. The number of nitrogens with zero attached hydrogens (tertiary/aromatic N) is 2. The molecular weight excluding hydrogens is 258 g/mol. The van der Waals surface area contributed by atoms with Gasteiger partial charge in [0.05, 0.1) is 17.2 Å². The van der Waals surface area contributed by atoms with E-state index in [1.807, 2.05) is 42.8 Å². The summed E-state index contributed by atoms with van der Waals surface area (Å²) in [5.41, 5.74) is 3.95. The molecule has 0 radical (unpaired) electrons. The maximum Gasteiger partial charge on any atom is 0.174 e. The molecule has 98 valence electrons. The predicted molar refractivity (Wildman–Crippen MR) is 76.4 cm³/mol. The quantitative estimate of drug-likeness (QED) is 0.905. The summed E-state index contributed by atoms with van der Waals surface area (Å²) in [4.78, 5) is 5.50. The lowest BCUT2D eigenvalue weighted by Gasteiger charge is -2.14. The number of nitrogens with one attached hydrogen (secondary N) is 1. The highest BCUT2D eigenvalue weighted by Crippen LogP contribution is 2.26. The Morgan fingerprint density at radius 3 is 2.74 bits per heavy atom. The highest BCUT2D eigenvalue weighted by molar-refractivity contribution is 7.09. The van der Waals surface area contributed by atoms with Gasteiger partial charge < -0.3 is 10.1 Å². The lowest BCUT2D eigenvalue weighted by molar-refractivity contribution is 0.368. The molecule has 1 heterocycles. The third-order valence-corrected chi connectivity index (χ3v) is 3.83. The summed E-state index contributed by atoms with van der Waals surface area (Å²) in [6, 6.07) is 9.76. The Morgan fingerprint density at radius 1 is 1.42 bits per heavy atom. The Hall–Kier alpha value is -2.06. The topological polar surface area (TPSA) is 57.9 Å². The number of aryl methyl sites for hydroxylation is 1. The van der Waals surface area contributed by atoms with Gasteiger partial charge in [-0.25, -0.2) is 4.98 Å². The number of nitriles is 1. The molecule has 5 heteroatoms. The van der Waals surface area contributed by atoms with E-state index in [2.05, 4.69) is 17.2 Å². The Labute approximate surface area is 116 Å². The van der Waals surface area contributed by atoms with Crippen LogP contribution in [0, 0.1) is 18.3 Å². The normalized spacial score (nSPS) is 11.6. The number of aromatic nitrogens is 1. The molecule has 0 saturated heterocycles. The standard InChI is InChI=1S/C14H15N3OS/c1-10-14(19-9-16-10)11(2)17-12-3-5-13(6-4-12)18-8-7-15/h3-6,9,11,17H,8H2,1-2H3. The minimum absolute atomic E-state index is 0.0727. The Morgan fingerprint density at radius 2 is 2.16 bits per heavy atom. The largest absolute Gasteiger partial charge is 0.479 e. The fraction of sp³-hybridized carbons (Fsp3) is 0.286. The van der Waals surface area contributed by atoms with Crippen LogP contribution in [0.5, 0.6) is 5.75 Å². The third kappa shape index (κ3) is 3.46. The van der Waals surface area contributed by atoms with E-state index < -0.39 is 0 Å². The fourth-order valence-corrected chi connectivity index (χ4v) is 2.62. The Balaban J connectivity index is 2.00. The van der Waals surface area contributed by atoms with E-state index in [0.29, 0.717) is 5.75 Å². The van der Waals surface area contributed by atoms with Crippen molar-refractivity contribution in [1.29, 1.82) is 5.26 Å². The summed E-state index contributed by atoms with van der Waals surface area (Å²) in [5.74, 6) is 0.703. The van der Waals surface area contributed by atoms with E-state index >= 15 is 0 Å². The van der Waals surface area contributed by atoms with Crippen molar-refractivity contribution >= 4 is 17.0 Å². The first kappa shape index (κ1) is 13.4. The molecule has 0 amide bonds. The SMILES string of the molecule is Cc1ncsc1C(C)Nc1ccc(OCC#N)cc1. The second kappa shape index (κ2) is 6.21. The van der Waals surface area contributed by atoms with Crippen LogP contribution in [0.3, 0.4) is 0 Å². The van der Waals surface area contributed by atoms with Gasteiger partial charge in [-0.3, -0.25) is 0 Å². The second-order valence-electron chi connectivity index (χ2n) is 4.14. The van der Waals surface area contributed by atoms with Crippen LogP contribution in [0.15, 0.2) is 29.8 Å². The summed E-state index contributed by atoms with van der Waals surface area (Å²) in [7, 11) is 0. The molecule has 0 aliphatic carbocycles. The molecule has 0 saturated carbocycles. The van der Waals surface area contributed by atoms with Crippen molar-refractivity contribution in [3.63, 3.8) is 0 Å². The first-order chi connectivity index (χ1) is 9.20. The molecule has 0 fully saturated rings. The summed E-state index contributed by atoms with van der Waals surface area (Å²) in [6.07, 6.45) is 0. The smallest absolute Gasteiger partial charge is 0.174 e. The van der Waals surface area contributed by atoms with Gasteiger partial charge in [0.25, 0.3) is 0 Å². The van der Waals surface area contributed by atoms with E-state index in [1.165, 1.54) is 4.88 Å². The molecule has 1 aromatic heterocycles. The lowest BCUT2D eigenvalue weighted by atomic mass is 10.2. The average molecular weight is 273 g/mol. The van der Waals surface area contributed by atoms with Crippen molar-refractivity contribution in [3.8, 4) is 11.8 Å². The summed E-state index contributed by atoms with van der Waals surface area (Å²) in [5, 5.41) is 11.9. The molecule has 0 aliphatic rings. The van der Waals surface area contributed by atoms with Gasteiger partial charge in [-0.05, 0) is 38.1 Å². The minimum atomic E-state index is 0.0727. The first-order valence-corrected chi connectivity index (χ1v) is 6.85. The number of hydrogen-bond acceptors (Lipinski definition) is 5. The van der Waals surface area contributed by atoms with E-state index in [4.69, 9.17) is 10.00 Å².